The first kappa shape index (κ1) is 16.1. The smallest absolute Gasteiger partial charge is 0.255 e. The van der Waals surface area contributed by atoms with Gasteiger partial charge in [0.15, 0.2) is 7.26 Å². The molecule has 1 aromatic heterocycles. The second kappa shape index (κ2) is 6.39. The summed E-state index contributed by atoms with van der Waals surface area (Å²) in [5, 5.41) is 3.50. The van der Waals surface area contributed by atoms with Gasteiger partial charge in [-0.05, 0) is 45.0 Å². The lowest BCUT2D eigenvalue weighted by molar-refractivity contribution is 0.569. The maximum Gasteiger partial charge on any atom is 0.272 e. The molecule has 0 radical (unpaired) electrons. The summed E-state index contributed by atoms with van der Waals surface area (Å²) in [6, 6.07) is 21.7. The van der Waals surface area contributed by atoms with Crippen molar-refractivity contribution in [2.75, 3.05) is 0 Å². The highest BCUT2D eigenvalue weighted by Gasteiger charge is 2.49. The third-order valence-electron chi connectivity index (χ3n) is 4.36. The summed E-state index contributed by atoms with van der Waals surface area (Å²) in [5.74, 6) is 0. The van der Waals surface area contributed by atoms with Crippen LogP contribution in [0.3, 0.4) is 0 Å². The van der Waals surface area contributed by atoms with Crippen molar-refractivity contribution in [3.05, 3.63) is 76.0 Å². The Kier molecular flexibility index (Phi) is 4.48. The fourth-order valence-electron chi connectivity index (χ4n) is 3.21. The van der Waals surface area contributed by atoms with E-state index in [0.717, 1.165) is 10.6 Å². The fourth-order valence-corrected chi connectivity index (χ4v) is 8.46. The van der Waals surface area contributed by atoms with Gasteiger partial charge in [0.25, 0.3) is 6.03 Å². The van der Waals surface area contributed by atoms with E-state index in [9.17, 15) is 4.79 Å². The van der Waals surface area contributed by atoms with Gasteiger partial charge in [0.05, 0.1) is 0 Å². The van der Waals surface area contributed by atoms with Crippen molar-refractivity contribution in [2.45, 2.75) is 20.8 Å². The van der Waals surface area contributed by atoms with Gasteiger partial charge >= 0.3 is 0 Å². The van der Waals surface area contributed by atoms with Gasteiger partial charge in [0.1, 0.15) is 15.9 Å². The topological polar surface area (TPSA) is 17.1 Å². The zero-order chi connectivity index (χ0) is 16.4. The van der Waals surface area contributed by atoms with Crippen LogP contribution >= 0.6 is 18.6 Å². The average molecular weight is 339 g/mol. The van der Waals surface area contributed by atoms with Crippen LogP contribution in [0.25, 0.3) is 0 Å². The van der Waals surface area contributed by atoms with E-state index in [1.807, 2.05) is 36.4 Å². The van der Waals surface area contributed by atoms with E-state index in [1.54, 1.807) is 11.3 Å². The van der Waals surface area contributed by atoms with Crippen LogP contribution in [0.2, 0.25) is 0 Å². The molecule has 0 aliphatic heterocycles. The highest BCUT2D eigenvalue weighted by atomic mass is 32.1. The molecule has 23 heavy (non-hydrogen) atoms. The standard InChI is InChI=1S/C20H20OPS/c1-15-16(2)23-17(3)20(15)22(14-21,18-10-6-4-7-11-18)19-12-8-5-9-13-19/h4-14H,1-3H3/q+1. The maximum absolute atomic E-state index is 12.6. The number of benzene rings is 2. The molecule has 0 aliphatic rings. The van der Waals surface area contributed by atoms with Crippen molar-refractivity contribution in [1.29, 1.82) is 0 Å². The highest BCUT2D eigenvalue weighted by Crippen LogP contribution is 2.55. The van der Waals surface area contributed by atoms with Crippen LogP contribution in [0.5, 0.6) is 0 Å². The van der Waals surface area contributed by atoms with Crippen LogP contribution in [-0.2, 0) is 4.79 Å². The Bertz CT molecular complexity index is 782. The van der Waals surface area contributed by atoms with E-state index in [1.165, 1.54) is 26.6 Å². The van der Waals surface area contributed by atoms with Crippen molar-refractivity contribution >= 4 is 40.5 Å². The Balaban J connectivity index is 2.41. The van der Waals surface area contributed by atoms with Crippen molar-refractivity contribution in [1.82, 2.24) is 0 Å². The van der Waals surface area contributed by atoms with Gasteiger partial charge in [-0.2, -0.15) is 0 Å². The summed E-state index contributed by atoms with van der Waals surface area (Å²) >= 11 is 1.80. The summed E-state index contributed by atoms with van der Waals surface area (Å²) in [6.07, 6.45) is 0. The van der Waals surface area contributed by atoms with Crippen molar-refractivity contribution < 1.29 is 4.79 Å². The second-order valence-corrected chi connectivity index (χ2v) is 10.3. The molecule has 0 amide bonds. The quantitative estimate of drug-likeness (QED) is 0.515. The normalized spacial score (nSPS) is 11.4. The van der Waals surface area contributed by atoms with Gasteiger partial charge in [-0.25, -0.2) is 0 Å². The van der Waals surface area contributed by atoms with Crippen LogP contribution in [0, 0.1) is 20.8 Å². The van der Waals surface area contributed by atoms with Crippen molar-refractivity contribution in [2.24, 2.45) is 0 Å². The van der Waals surface area contributed by atoms with Gasteiger partial charge < -0.3 is 0 Å². The van der Waals surface area contributed by atoms with Crippen LogP contribution in [-0.4, -0.2) is 6.03 Å². The van der Waals surface area contributed by atoms with Crippen LogP contribution in [0.1, 0.15) is 15.3 Å². The van der Waals surface area contributed by atoms with Gasteiger partial charge in [-0.1, -0.05) is 36.4 Å². The molecule has 0 bridgehead atoms. The first-order chi connectivity index (χ1) is 11.1. The molecule has 1 nitrogen and oxygen atoms in total. The molecule has 0 fully saturated rings. The molecular weight excluding hydrogens is 319 g/mol. The molecule has 0 saturated carbocycles. The predicted molar refractivity (Wildman–Crippen MR) is 104 cm³/mol. The highest BCUT2D eigenvalue weighted by molar-refractivity contribution is 8.06. The van der Waals surface area contributed by atoms with Crippen LogP contribution in [0.4, 0.5) is 0 Å². The maximum atomic E-state index is 12.6. The van der Waals surface area contributed by atoms with Gasteiger partial charge in [-0.15, -0.1) is 11.3 Å². The monoisotopic (exact) mass is 339 g/mol. The lowest BCUT2D eigenvalue weighted by Crippen LogP contribution is -2.33. The summed E-state index contributed by atoms with van der Waals surface area (Å²) in [5.41, 5.74) is 1.26. The molecule has 0 aliphatic carbocycles. The zero-order valence-electron chi connectivity index (χ0n) is 13.6. The Morgan fingerprint density at radius 1 is 0.783 bits per heavy atom. The number of aryl methyl sites for hydroxylation is 2. The summed E-state index contributed by atoms with van der Waals surface area (Å²) in [4.78, 5) is 15.2. The SMILES string of the molecule is Cc1sc(C)c([P+](C=O)(c2ccccc2)c2ccccc2)c1C. The second-order valence-electron chi connectivity index (χ2n) is 5.69. The van der Waals surface area contributed by atoms with Gasteiger partial charge in [0.2, 0.25) is 0 Å². The molecule has 116 valence electrons. The minimum atomic E-state index is -2.26. The Hall–Kier alpha value is -1.76. The lowest BCUT2D eigenvalue weighted by atomic mass is 10.3. The van der Waals surface area contributed by atoms with Crippen molar-refractivity contribution in [3.8, 4) is 0 Å². The predicted octanol–water partition coefficient (Wildman–Crippen LogP) is 4.16. The van der Waals surface area contributed by atoms with Gasteiger partial charge in [-0.3, -0.25) is 4.79 Å². The largest absolute Gasteiger partial charge is 0.272 e. The number of thiophene rings is 1. The number of carbonyl (C=O) groups excluding carboxylic acids is 1. The third-order valence-corrected chi connectivity index (χ3v) is 9.55. The van der Waals surface area contributed by atoms with E-state index >= 15 is 0 Å². The number of rotatable bonds is 4. The van der Waals surface area contributed by atoms with Gasteiger partial charge in [0, 0.05) is 15.3 Å². The number of carbonyl (C=O) groups is 1. The van der Waals surface area contributed by atoms with E-state index in [-0.39, 0.29) is 0 Å². The molecule has 3 aromatic rings. The summed E-state index contributed by atoms with van der Waals surface area (Å²) in [6.45, 7) is 6.44. The molecule has 0 saturated heterocycles. The van der Waals surface area contributed by atoms with E-state index in [4.69, 9.17) is 0 Å². The Morgan fingerprint density at radius 3 is 1.61 bits per heavy atom. The van der Waals surface area contributed by atoms with E-state index in [2.05, 4.69) is 45.0 Å². The number of hydrogen-bond acceptors (Lipinski definition) is 2. The minimum Gasteiger partial charge on any atom is -0.255 e. The molecule has 2 aromatic carbocycles. The minimum absolute atomic E-state index is 1.13. The first-order valence-electron chi connectivity index (χ1n) is 7.64. The molecule has 3 rings (SSSR count). The molecule has 1 heterocycles. The zero-order valence-corrected chi connectivity index (χ0v) is 15.3. The van der Waals surface area contributed by atoms with Crippen LogP contribution < -0.4 is 15.9 Å². The Labute approximate surface area is 142 Å². The van der Waals surface area contributed by atoms with E-state index in [0.29, 0.717) is 0 Å². The molecular formula is C20H20OPS+. The van der Waals surface area contributed by atoms with E-state index < -0.39 is 7.26 Å². The van der Waals surface area contributed by atoms with Crippen molar-refractivity contribution in [3.63, 3.8) is 0 Å². The molecule has 0 atom stereocenters. The Morgan fingerprint density at radius 2 is 1.26 bits per heavy atom. The fraction of sp³-hybridized carbons (Fsp3) is 0.150. The first-order valence-corrected chi connectivity index (χ1v) is 10.3. The molecule has 0 N–H and O–H groups in total. The third kappa shape index (κ3) is 2.56. The molecule has 0 spiro atoms. The lowest BCUT2D eigenvalue weighted by Gasteiger charge is -2.21. The summed E-state index contributed by atoms with van der Waals surface area (Å²) < 4.78 is 0. The van der Waals surface area contributed by atoms with Crippen LogP contribution in [0.15, 0.2) is 60.7 Å². The summed E-state index contributed by atoms with van der Waals surface area (Å²) in [7, 11) is -2.26. The molecule has 0 unspecified atom stereocenters. The number of hydrogen-bond donors (Lipinski definition) is 0. The average Bonchev–Trinajstić information content (AvgIpc) is 2.85. The molecule has 3 heteroatoms.